The van der Waals surface area contributed by atoms with Gasteiger partial charge in [-0.05, 0) is 17.2 Å². The molecular formula is C26H28N4+2. The van der Waals surface area contributed by atoms with E-state index in [0.29, 0.717) is 11.8 Å². The Bertz CT molecular complexity index is 1020. The van der Waals surface area contributed by atoms with E-state index in [1.165, 1.54) is 11.1 Å². The first-order valence-electron chi connectivity index (χ1n) is 10.7. The summed E-state index contributed by atoms with van der Waals surface area (Å²) < 4.78 is 9.05. The molecule has 1 aromatic carbocycles. The maximum Gasteiger partial charge on any atom is 0.244 e. The van der Waals surface area contributed by atoms with Crippen molar-refractivity contribution >= 4 is 0 Å². The van der Waals surface area contributed by atoms with Gasteiger partial charge >= 0.3 is 0 Å². The Balaban J connectivity index is 1.20. The van der Waals surface area contributed by atoms with Crippen LogP contribution in [0.3, 0.4) is 0 Å². The van der Waals surface area contributed by atoms with Crippen molar-refractivity contribution < 1.29 is 9.13 Å². The van der Waals surface area contributed by atoms with Crippen molar-refractivity contribution in [3.05, 3.63) is 121 Å². The Morgan fingerprint density at radius 1 is 0.667 bits per heavy atom. The van der Waals surface area contributed by atoms with Crippen molar-refractivity contribution in [3.63, 3.8) is 0 Å². The zero-order valence-electron chi connectivity index (χ0n) is 17.2. The zero-order valence-corrected chi connectivity index (χ0v) is 17.2. The van der Waals surface area contributed by atoms with E-state index in [2.05, 4.69) is 129 Å². The fourth-order valence-electron chi connectivity index (χ4n) is 4.21. The lowest BCUT2D eigenvalue weighted by molar-refractivity contribution is -0.688. The fraction of sp³-hybridized carbons (Fsp3) is 0.231. The van der Waals surface area contributed by atoms with Gasteiger partial charge in [0.25, 0.3) is 0 Å². The molecule has 0 fully saturated rings. The van der Waals surface area contributed by atoms with Crippen LogP contribution in [0, 0.1) is 11.8 Å². The van der Waals surface area contributed by atoms with Crippen LogP contribution in [0.15, 0.2) is 110 Å². The topological polar surface area (TPSA) is 17.6 Å². The molecule has 0 radical (unpaired) electrons. The van der Waals surface area contributed by atoms with Gasteiger partial charge in [0.15, 0.2) is 0 Å². The summed E-state index contributed by atoms with van der Waals surface area (Å²) >= 11 is 0. The number of hydrogen-bond donors (Lipinski definition) is 0. The molecule has 30 heavy (non-hydrogen) atoms. The van der Waals surface area contributed by atoms with Crippen LogP contribution in [0.25, 0.3) is 0 Å². The molecule has 5 rings (SSSR count). The molecule has 0 atom stereocenters. The maximum atomic E-state index is 2.32. The van der Waals surface area contributed by atoms with Gasteiger partial charge in [-0.1, -0.05) is 66.8 Å². The van der Waals surface area contributed by atoms with Crippen molar-refractivity contribution in [3.8, 4) is 0 Å². The average Bonchev–Trinajstić information content (AvgIpc) is 3.53. The van der Waals surface area contributed by atoms with E-state index in [9.17, 15) is 0 Å². The Hall–Kier alpha value is -3.40. The highest BCUT2D eigenvalue weighted by molar-refractivity contribution is 5.22. The molecule has 0 saturated carbocycles. The van der Waals surface area contributed by atoms with E-state index in [0.717, 1.165) is 26.2 Å². The standard InChI is InChI=1S/C26H28N4/c1-2-7-23(6-1)17-27-12-14-29(21-27)19-25-10-5-11-26(16-25)20-30-15-13-28(22-30)18-24-8-3-4-9-24/h1-16,21-24H,17-20H2/q+2. The molecule has 4 heteroatoms. The third-order valence-electron chi connectivity index (χ3n) is 5.71. The summed E-state index contributed by atoms with van der Waals surface area (Å²) in [4.78, 5) is 0. The predicted octanol–water partition coefficient (Wildman–Crippen LogP) is 3.45. The highest BCUT2D eigenvalue weighted by Crippen LogP contribution is 2.12. The Labute approximate surface area is 178 Å². The van der Waals surface area contributed by atoms with E-state index in [1.54, 1.807) is 0 Å². The summed E-state index contributed by atoms with van der Waals surface area (Å²) in [5.41, 5.74) is 2.66. The highest BCUT2D eigenvalue weighted by atomic mass is 15.1. The quantitative estimate of drug-likeness (QED) is 0.519. The summed E-state index contributed by atoms with van der Waals surface area (Å²) in [6.07, 6.45) is 30.6. The Morgan fingerprint density at radius 3 is 1.60 bits per heavy atom. The van der Waals surface area contributed by atoms with E-state index in [1.807, 2.05) is 0 Å². The molecule has 0 N–H and O–H groups in total. The van der Waals surface area contributed by atoms with E-state index in [4.69, 9.17) is 0 Å². The van der Waals surface area contributed by atoms with Gasteiger partial charge in [0.05, 0.1) is 13.1 Å². The van der Waals surface area contributed by atoms with E-state index >= 15 is 0 Å². The summed E-state index contributed by atoms with van der Waals surface area (Å²) in [6, 6.07) is 8.91. The van der Waals surface area contributed by atoms with Gasteiger partial charge in [-0.3, -0.25) is 0 Å². The lowest BCUT2D eigenvalue weighted by Gasteiger charge is -2.03. The number of benzene rings is 1. The van der Waals surface area contributed by atoms with Gasteiger partial charge in [-0.2, -0.15) is 0 Å². The van der Waals surface area contributed by atoms with Crippen molar-refractivity contribution in [2.75, 3.05) is 0 Å². The van der Waals surface area contributed by atoms with Gasteiger partial charge in [0.2, 0.25) is 12.7 Å². The van der Waals surface area contributed by atoms with Crippen LogP contribution in [0.1, 0.15) is 11.1 Å². The molecular weight excluding hydrogens is 368 g/mol. The maximum absolute atomic E-state index is 2.32. The predicted molar refractivity (Wildman–Crippen MR) is 117 cm³/mol. The van der Waals surface area contributed by atoms with E-state index in [-0.39, 0.29) is 0 Å². The molecule has 3 aromatic rings. The van der Waals surface area contributed by atoms with Crippen LogP contribution in [0.5, 0.6) is 0 Å². The van der Waals surface area contributed by atoms with E-state index < -0.39 is 0 Å². The number of nitrogens with zero attached hydrogens (tertiary/aromatic N) is 4. The molecule has 0 spiro atoms. The normalized spacial score (nSPS) is 15.7. The van der Waals surface area contributed by atoms with Crippen molar-refractivity contribution in [2.24, 2.45) is 11.8 Å². The molecule has 0 aliphatic heterocycles. The number of hydrogen-bond acceptors (Lipinski definition) is 0. The van der Waals surface area contributed by atoms with Gasteiger partial charge in [-0.15, -0.1) is 0 Å². The smallest absolute Gasteiger partial charge is 0.236 e. The van der Waals surface area contributed by atoms with Crippen LogP contribution in [-0.2, 0) is 26.2 Å². The number of imidazole rings is 2. The highest BCUT2D eigenvalue weighted by Gasteiger charge is 2.12. The minimum atomic E-state index is 0.513. The molecule has 2 heterocycles. The first-order chi connectivity index (χ1) is 14.8. The summed E-state index contributed by atoms with van der Waals surface area (Å²) in [5.74, 6) is 1.03. The third-order valence-corrected chi connectivity index (χ3v) is 5.71. The number of allylic oxidation sites excluding steroid dienone is 8. The number of rotatable bonds is 8. The van der Waals surface area contributed by atoms with Crippen molar-refractivity contribution in [2.45, 2.75) is 26.2 Å². The first kappa shape index (κ1) is 18.6. The van der Waals surface area contributed by atoms with Gasteiger partial charge in [0, 0.05) is 11.8 Å². The van der Waals surface area contributed by atoms with Crippen LogP contribution in [-0.4, -0.2) is 9.13 Å². The Morgan fingerprint density at radius 2 is 1.13 bits per heavy atom. The average molecular weight is 397 g/mol. The Kier molecular flexibility index (Phi) is 5.30. The monoisotopic (exact) mass is 396 g/mol. The lowest BCUT2D eigenvalue weighted by atomic mass is 10.1. The second kappa shape index (κ2) is 8.54. The summed E-state index contributed by atoms with van der Waals surface area (Å²) in [6.45, 7) is 3.78. The molecule has 0 bridgehead atoms. The molecule has 4 nitrogen and oxygen atoms in total. The molecule has 2 aliphatic carbocycles. The lowest BCUT2D eigenvalue weighted by Crippen LogP contribution is -2.33. The second-order valence-corrected chi connectivity index (χ2v) is 8.25. The minimum absolute atomic E-state index is 0.513. The molecule has 150 valence electrons. The largest absolute Gasteiger partial charge is 0.244 e. The fourth-order valence-corrected chi connectivity index (χ4v) is 4.21. The van der Waals surface area contributed by atoms with Crippen molar-refractivity contribution in [1.29, 1.82) is 0 Å². The number of aromatic nitrogens is 4. The van der Waals surface area contributed by atoms with Gasteiger partial charge in [0.1, 0.15) is 37.9 Å². The van der Waals surface area contributed by atoms with Gasteiger partial charge < -0.3 is 0 Å². The zero-order chi connectivity index (χ0) is 20.2. The SMILES string of the molecule is C1=CC(Cn2cc[n+](Cc3cccc(C[n+]4ccn(CC5C=CC=C5)c4)c3)c2)C=C1. The molecule has 2 aromatic heterocycles. The molecule has 0 saturated heterocycles. The van der Waals surface area contributed by atoms with Crippen LogP contribution in [0.4, 0.5) is 0 Å². The van der Waals surface area contributed by atoms with Gasteiger partial charge in [-0.25, -0.2) is 18.3 Å². The van der Waals surface area contributed by atoms with Crippen LogP contribution >= 0.6 is 0 Å². The molecule has 0 amide bonds. The summed E-state index contributed by atoms with van der Waals surface area (Å²) in [5, 5.41) is 0. The molecule has 2 aliphatic rings. The van der Waals surface area contributed by atoms with Crippen LogP contribution in [0.2, 0.25) is 0 Å². The molecule has 0 unspecified atom stereocenters. The second-order valence-electron chi connectivity index (χ2n) is 8.25. The minimum Gasteiger partial charge on any atom is -0.236 e. The third kappa shape index (κ3) is 4.60. The van der Waals surface area contributed by atoms with Crippen LogP contribution < -0.4 is 9.13 Å². The van der Waals surface area contributed by atoms with Crippen molar-refractivity contribution in [1.82, 2.24) is 9.13 Å². The summed E-state index contributed by atoms with van der Waals surface area (Å²) in [7, 11) is 0. The first-order valence-corrected chi connectivity index (χ1v) is 10.7.